The van der Waals surface area contributed by atoms with E-state index in [1.54, 1.807) is 0 Å². The molecule has 1 aromatic carbocycles. The van der Waals surface area contributed by atoms with Gasteiger partial charge < -0.3 is 15.5 Å². The SMILES string of the molecule is CN1CCNC(CCNc2ccc(Cl)cc2)C1. The summed E-state index contributed by atoms with van der Waals surface area (Å²) in [7, 11) is 2.18. The van der Waals surface area contributed by atoms with Gasteiger partial charge in [0.25, 0.3) is 0 Å². The van der Waals surface area contributed by atoms with Gasteiger partial charge in [-0.15, -0.1) is 0 Å². The van der Waals surface area contributed by atoms with Crippen molar-refractivity contribution in [2.24, 2.45) is 0 Å². The van der Waals surface area contributed by atoms with Gasteiger partial charge in [-0.3, -0.25) is 0 Å². The first kappa shape index (κ1) is 12.7. The van der Waals surface area contributed by atoms with Crippen LogP contribution in [0.3, 0.4) is 0 Å². The van der Waals surface area contributed by atoms with Crippen LogP contribution in [0.15, 0.2) is 24.3 Å². The summed E-state index contributed by atoms with van der Waals surface area (Å²) in [4.78, 5) is 2.38. The Labute approximate surface area is 108 Å². The molecule has 1 fully saturated rings. The third-order valence-corrected chi connectivity index (χ3v) is 3.38. The summed E-state index contributed by atoms with van der Waals surface area (Å²) in [5.74, 6) is 0. The lowest BCUT2D eigenvalue weighted by molar-refractivity contribution is 0.234. The standard InChI is InChI=1S/C13H20ClN3/c1-17-9-8-16-13(10-17)6-7-15-12-4-2-11(14)3-5-12/h2-5,13,15-16H,6-10H2,1H3. The van der Waals surface area contributed by atoms with E-state index in [0.29, 0.717) is 6.04 Å². The number of piperazine rings is 1. The summed E-state index contributed by atoms with van der Waals surface area (Å²) in [5.41, 5.74) is 1.14. The van der Waals surface area contributed by atoms with Gasteiger partial charge in [0.2, 0.25) is 0 Å². The van der Waals surface area contributed by atoms with E-state index in [2.05, 4.69) is 22.6 Å². The molecule has 1 aliphatic rings. The first-order valence-electron chi connectivity index (χ1n) is 6.15. The molecule has 1 saturated heterocycles. The number of rotatable bonds is 4. The predicted octanol–water partition coefficient (Wildman–Crippen LogP) is 2.05. The second-order valence-electron chi connectivity index (χ2n) is 4.64. The van der Waals surface area contributed by atoms with Gasteiger partial charge >= 0.3 is 0 Å². The van der Waals surface area contributed by atoms with E-state index in [-0.39, 0.29) is 0 Å². The van der Waals surface area contributed by atoms with Crippen molar-refractivity contribution in [3.63, 3.8) is 0 Å². The van der Waals surface area contributed by atoms with Crippen molar-refractivity contribution in [1.82, 2.24) is 10.2 Å². The molecule has 0 aromatic heterocycles. The molecule has 1 atom stereocenters. The summed E-state index contributed by atoms with van der Waals surface area (Å²) < 4.78 is 0. The number of likely N-dealkylation sites (N-methyl/N-ethyl adjacent to an activating group) is 1. The van der Waals surface area contributed by atoms with Crippen LogP contribution in [0.1, 0.15) is 6.42 Å². The van der Waals surface area contributed by atoms with E-state index in [4.69, 9.17) is 11.6 Å². The molecular formula is C13H20ClN3. The van der Waals surface area contributed by atoms with Crippen LogP contribution in [-0.4, -0.2) is 44.2 Å². The average molecular weight is 254 g/mol. The fourth-order valence-electron chi connectivity index (χ4n) is 2.14. The second kappa shape index (κ2) is 6.24. The molecule has 1 aromatic rings. The summed E-state index contributed by atoms with van der Waals surface area (Å²) in [6.45, 7) is 4.39. The fraction of sp³-hybridized carbons (Fsp3) is 0.538. The van der Waals surface area contributed by atoms with Crippen LogP contribution in [0, 0.1) is 0 Å². The van der Waals surface area contributed by atoms with Gasteiger partial charge in [-0.2, -0.15) is 0 Å². The van der Waals surface area contributed by atoms with E-state index in [9.17, 15) is 0 Å². The zero-order valence-electron chi connectivity index (χ0n) is 10.2. The highest BCUT2D eigenvalue weighted by atomic mass is 35.5. The average Bonchev–Trinajstić information content (AvgIpc) is 2.32. The van der Waals surface area contributed by atoms with Crippen LogP contribution in [-0.2, 0) is 0 Å². The van der Waals surface area contributed by atoms with Gasteiger partial charge in [0.15, 0.2) is 0 Å². The highest BCUT2D eigenvalue weighted by molar-refractivity contribution is 6.30. The van der Waals surface area contributed by atoms with Crippen LogP contribution in [0.5, 0.6) is 0 Å². The Morgan fingerprint density at radius 2 is 2.18 bits per heavy atom. The summed E-state index contributed by atoms with van der Waals surface area (Å²) in [6, 6.07) is 8.46. The zero-order valence-corrected chi connectivity index (χ0v) is 11.0. The minimum absolute atomic E-state index is 0.605. The van der Waals surface area contributed by atoms with Crippen molar-refractivity contribution in [2.75, 3.05) is 38.5 Å². The molecule has 0 bridgehead atoms. The first-order chi connectivity index (χ1) is 8.24. The lowest BCUT2D eigenvalue weighted by Gasteiger charge is -2.31. The maximum atomic E-state index is 5.84. The van der Waals surface area contributed by atoms with Crippen LogP contribution < -0.4 is 10.6 Å². The molecule has 0 saturated carbocycles. The molecular weight excluding hydrogens is 234 g/mol. The summed E-state index contributed by atoms with van der Waals surface area (Å²) in [6.07, 6.45) is 1.15. The second-order valence-corrected chi connectivity index (χ2v) is 5.07. The molecule has 0 spiro atoms. The van der Waals surface area contributed by atoms with E-state index in [0.717, 1.165) is 43.3 Å². The Morgan fingerprint density at radius 1 is 1.41 bits per heavy atom. The third-order valence-electron chi connectivity index (χ3n) is 3.12. The largest absolute Gasteiger partial charge is 0.385 e. The van der Waals surface area contributed by atoms with Crippen molar-refractivity contribution in [3.05, 3.63) is 29.3 Å². The van der Waals surface area contributed by atoms with Gasteiger partial charge in [0.1, 0.15) is 0 Å². The highest BCUT2D eigenvalue weighted by Crippen LogP contribution is 2.13. The molecule has 3 nitrogen and oxygen atoms in total. The Bertz CT molecular complexity index is 339. The van der Waals surface area contributed by atoms with E-state index in [1.807, 2.05) is 24.3 Å². The van der Waals surface area contributed by atoms with Gasteiger partial charge in [-0.25, -0.2) is 0 Å². The molecule has 17 heavy (non-hydrogen) atoms. The summed E-state index contributed by atoms with van der Waals surface area (Å²) in [5, 5.41) is 7.74. The lowest BCUT2D eigenvalue weighted by atomic mass is 10.1. The zero-order chi connectivity index (χ0) is 12.1. The van der Waals surface area contributed by atoms with Gasteiger partial charge in [0, 0.05) is 42.9 Å². The number of anilines is 1. The van der Waals surface area contributed by atoms with Crippen LogP contribution >= 0.6 is 11.6 Å². The number of nitrogens with one attached hydrogen (secondary N) is 2. The first-order valence-corrected chi connectivity index (χ1v) is 6.53. The van der Waals surface area contributed by atoms with Crippen molar-refractivity contribution in [2.45, 2.75) is 12.5 Å². The van der Waals surface area contributed by atoms with Crippen molar-refractivity contribution >= 4 is 17.3 Å². The molecule has 1 aliphatic heterocycles. The van der Waals surface area contributed by atoms with E-state index in [1.165, 1.54) is 0 Å². The Morgan fingerprint density at radius 3 is 2.88 bits per heavy atom. The Balaban J connectivity index is 1.70. The Hall–Kier alpha value is -0.770. The maximum absolute atomic E-state index is 5.84. The normalized spacial score (nSPS) is 21.4. The molecule has 94 valence electrons. The highest BCUT2D eigenvalue weighted by Gasteiger charge is 2.15. The van der Waals surface area contributed by atoms with Crippen molar-refractivity contribution < 1.29 is 0 Å². The molecule has 1 heterocycles. The minimum Gasteiger partial charge on any atom is -0.385 e. The number of nitrogens with zero attached hydrogens (tertiary/aromatic N) is 1. The third kappa shape index (κ3) is 4.19. The van der Waals surface area contributed by atoms with Gasteiger partial charge in [-0.05, 0) is 37.7 Å². The molecule has 1 unspecified atom stereocenters. The van der Waals surface area contributed by atoms with Gasteiger partial charge in [0.05, 0.1) is 0 Å². The van der Waals surface area contributed by atoms with Crippen molar-refractivity contribution in [3.8, 4) is 0 Å². The number of hydrogen-bond donors (Lipinski definition) is 2. The predicted molar refractivity (Wildman–Crippen MR) is 73.8 cm³/mol. The monoisotopic (exact) mass is 253 g/mol. The molecule has 0 amide bonds. The summed E-state index contributed by atoms with van der Waals surface area (Å²) >= 11 is 5.84. The van der Waals surface area contributed by atoms with Crippen LogP contribution in [0.4, 0.5) is 5.69 Å². The van der Waals surface area contributed by atoms with Gasteiger partial charge in [-0.1, -0.05) is 11.6 Å². The quantitative estimate of drug-likeness (QED) is 0.860. The molecule has 2 N–H and O–H groups in total. The topological polar surface area (TPSA) is 27.3 Å². The van der Waals surface area contributed by atoms with Crippen molar-refractivity contribution in [1.29, 1.82) is 0 Å². The Kier molecular flexibility index (Phi) is 4.66. The molecule has 0 aliphatic carbocycles. The minimum atomic E-state index is 0.605. The smallest absolute Gasteiger partial charge is 0.0407 e. The maximum Gasteiger partial charge on any atom is 0.0407 e. The van der Waals surface area contributed by atoms with E-state index >= 15 is 0 Å². The number of halogens is 1. The molecule has 2 rings (SSSR count). The molecule has 4 heteroatoms. The number of hydrogen-bond acceptors (Lipinski definition) is 3. The fourth-order valence-corrected chi connectivity index (χ4v) is 2.27. The van der Waals surface area contributed by atoms with Crippen LogP contribution in [0.2, 0.25) is 5.02 Å². The van der Waals surface area contributed by atoms with Crippen LogP contribution in [0.25, 0.3) is 0 Å². The lowest BCUT2D eigenvalue weighted by Crippen LogP contribution is -2.49. The molecule has 0 radical (unpaired) electrons. The van der Waals surface area contributed by atoms with E-state index < -0.39 is 0 Å². The number of benzene rings is 1.